The topological polar surface area (TPSA) is 55.9 Å². The van der Waals surface area contributed by atoms with Gasteiger partial charge in [0.15, 0.2) is 5.82 Å². The van der Waals surface area contributed by atoms with Gasteiger partial charge >= 0.3 is 0 Å². The van der Waals surface area contributed by atoms with Crippen molar-refractivity contribution in [3.05, 3.63) is 60.8 Å². The zero-order valence-corrected chi connectivity index (χ0v) is 10.8. The predicted molar refractivity (Wildman–Crippen MR) is 72.1 cm³/mol. The standard InChI is InChI=1S/C14H13FN4O/c1-10(14-3-2-6-20-14)18-11-4-5-13(12(15)7-11)19-9-16-8-17-19/h2-10,18H,1H3. The van der Waals surface area contributed by atoms with Gasteiger partial charge in [-0.3, -0.25) is 0 Å². The number of hydrogen-bond acceptors (Lipinski definition) is 4. The van der Waals surface area contributed by atoms with Crippen LogP contribution in [0.25, 0.3) is 5.69 Å². The molecule has 1 atom stereocenters. The molecule has 0 radical (unpaired) electrons. The molecule has 2 aromatic heterocycles. The number of rotatable bonds is 4. The lowest BCUT2D eigenvalue weighted by molar-refractivity contribution is 0.490. The van der Waals surface area contributed by atoms with Crippen LogP contribution in [-0.2, 0) is 0 Å². The second kappa shape index (κ2) is 5.16. The molecule has 0 amide bonds. The monoisotopic (exact) mass is 272 g/mol. The van der Waals surface area contributed by atoms with Crippen molar-refractivity contribution in [2.24, 2.45) is 0 Å². The first-order valence-corrected chi connectivity index (χ1v) is 6.18. The van der Waals surface area contributed by atoms with Gasteiger partial charge in [0.1, 0.15) is 24.1 Å². The van der Waals surface area contributed by atoms with Crippen molar-refractivity contribution < 1.29 is 8.81 Å². The molecule has 0 aliphatic carbocycles. The fraction of sp³-hybridized carbons (Fsp3) is 0.143. The van der Waals surface area contributed by atoms with Crippen molar-refractivity contribution in [3.63, 3.8) is 0 Å². The summed E-state index contributed by atoms with van der Waals surface area (Å²) in [5.41, 5.74) is 1.04. The minimum Gasteiger partial charge on any atom is -0.467 e. The lowest BCUT2D eigenvalue weighted by Crippen LogP contribution is -2.06. The Hall–Kier alpha value is -2.63. The first kappa shape index (κ1) is 12.4. The van der Waals surface area contributed by atoms with Gasteiger partial charge < -0.3 is 9.73 Å². The van der Waals surface area contributed by atoms with E-state index in [1.54, 1.807) is 18.4 Å². The van der Waals surface area contributed by atoms with Crippen molar-refractivity contribution in [3.8, 4) is 5.69 Å². The maximum atomic E-state index is 14.1. The van der Waals surface area contributed by atoms with Gasteiger partial charge in [0, 0.05) is 5.69 Å². The molecule has 3 aromatic rings. The summed E-state index contributed by atoms with van der Waals surface area (Å²) in [7, 11) is 0. The Kier molecular flexibility index (Phi) is 3.20. The summed E-state index contributed by atoms with van der Waals surface area (Å²) in [5, 5.41) is 7.09. The lowest BCUT2D eigenvalue weighted by atomic mass is 10.2. The Morgan fingerprint density at radius 3 is 2.90 bits per heavy atom. The highest BCUT2D eigenvalue weighted by atomic mass is 19.1. The van der Waals surface area contributed by atoms with E-state index in [1.165, 1.54) is 23.4 Å². The molecule has 3 rings (SSSR count). The number of aromatic nitrogens is 3. The Balaban J connectivity index is 1.81. The van der Waals surface area contributed by atoms with Crippen LogP contribution in [0.15, 0.2) is 53.7 Å². The van der Waals surface area contributed by atoms with Gasteiger partial charge in [-0.2, -0.15) is 5.10 Å². The van der Waals surface area contributed by atoms with E-state index in [4.69, 9.17) is 4.42 Å². The van der Waals surface area contributed by atoms with Crippen molar-refractivity contribution in [2.45, 2.75) is 13.0 Å². The Morgan fingerprint density at radius 2 is 2.25 bits per heavy atom. The molecule has 2 heterocycles. The maximum Gasteiger partial charge on any atom is 0.150 e. The molecule has 0 aliphatic heterocycles. The average Bonchev–Trinajstić information content (AvgIpc) is 3.12. The Morgan fingerprint density at radius 1 is 1.35 bits per heavy atom. The smallest absolute Gasteiger partial charge is 0.150 e. The zero-order chi connectivity index (χ0) is 13.9. The summed E-state index contributed by atoms with van der Waals surface area (Å²) in [6.45, 7) is 1.95. The van der Waals surface area contributed by atoms with Crippen LogP contribution in [0.5, 0.6) is 0 Å². The van der Waals surface area contributed by atoms with E-state index in [0.717, 1.165) is 5.76 Å². The number of hydrogen-bond donors (Lipinski definition) is 1. The third-order valence-electron chi connectivity index (χ3n) is 2.97. The number of nitrogens with zero attached hydrogens (tertiary/aromatic N) is 3. The fourth-order valence-corrected chi connectivity index (χ4v) is 1.97. The van der Waals surface area contributed by atoms with E-state index in [2.05, 4.69) is 15.4 Å². The van der Waals surface area contributed by atoms with E-state index >= 15 is 0 Å². The Labute approximate surface area is 115 Å². The summed E-state index contributed by atoms with van der Waals surface area (Å²) in [4.78, 5) is 3.80. The van der Waals surface area contributed by atoms with Gasteiger partial charge in [-0.1, -0.05) is 0 Å². The number of nitrogens with one attached hydrogen (secondary N) is 1. The van der Waals surface area contributed by atoms with Crippen molar-refractivity contribution in [2.75, 3.05) is 5.32 Å². The van der Waals surface area contributed by atoms with Crippen LogP contribution >= 0.6 is 0 Å². The van der Waals surface area contributed by atoms with Crippen LogP contribution in [0.1, 0.15) is 18.7 Å². The van der Waals surface area contributed by atoms with E-state index in [9.17, 15) is 4.39 Å². The van der Waals surface area contributed by atoms with Gasteiger partial charge in [-0.15, -0.1) is 0 Å². The molecule has 1 N–H and O–H groups in total. The van der Waals surface area contributed by atoms with E-state index in [1.807, 2.05) is 19.1 Å². The molecule has 102 valence electrons. The summed E-state index contributed by atoms with van der Waals surface area (Å²) in [5.74, 6) is 0.429. The summed E-state index contributed by atoms with van der Waals surface area (Å²) < 4.78 is 20.7. The Bertz CT molecular complexity index is 679. The predicted octanol–water partition coefficient (Wildman–Crippen LogP) is 3.17. The summed E-state index contributed by atoms with van der Waals surface area (Å²) in [6.07, 6.45) is 4.43. The van der Waals surface area contributed by atoms with Crippen molar-refractivity contribution >= 4 is 5.69 Å². The molecule has 6 heteroatoms. The third-order valence-corrected chi connectivity index (χ3v) is 2.97. The molecule has 0 fully saturated rings. The number of halogens is 1. The van der Waals surface area contributed by atoms with Gasteiger partial charge in [0.2, 0.25) is 0 Å². The molecular weight excluding hydrogens is 259 g/mol. The average molecular weight is 272 g/mol. The van der Waals surface area contributed by atoms with Crippen LogP contribution in [0.3, 0.4) is 0 Å². The third kappa shape index (κ3) is 2.40. The number of furan rings is 1. The van der Waals surface area contributed by atoms with E-state index in [0.29, 0.717) is 11.4 Å². The van der Waals surface area contributed by atoms with Crippen molar-refractivity contribution in [1.82, 2.24) is 14.8 Å². The first-order chi connectivity index (χ1) is 9.74. The molecule has 0 bridgehead atoms. The molecule has 5 nitrogen and oxygen atoms in total. The number of anilines is 1. The van der Waals surface area contributed by atoms with Crippen LogP contribution < -0.4 is 5.32 Å². The lowest BCUT2D eigenvalue weighted by Gasteiger charge is -2.13. The maximum absolute atomic E-state index is 14.1. The molecule has 0 saturated heterocycles. The van der Waals surface area contributed by atoms with E-state index < -0.39 is 0 Å². The van der Waals surface area contributed by atoms with Gasteiger partial charge in [0.05, 0.1) is 12.3 Å². The second-order valence-corrected chi connectivity index (χ2v) is 4.39. The molecule has 0 aliphatic rings. The van der Waals surface area contributed by atoms with Gasteiger partial charge in [-0.25, -0.2) is 14.1 Å². The van der Waals surface area contributed by atoms with Crippen molar-refractivity contribution in [1.29, 1.82) is 0 Å². The summed E-state index contributed by atoms with van der Waals surface area (Å²) in [6, 6.07) is 8.53. The van der Waals surface area contributed by atoms with Crippen LogP contribution in [0.2, 0.25) is 0 Å². The number of benzene rings is 1. The molecule has 0 spiro atoms. The molecular formula is C14H13FN4O. The molecule has 1 aromatic carbocycles. The van der Waals surface area contributed by atoms with Crippen LogP contribution in [0, 0.1) is 5.82 Å². The van der Waals surface area contributed by atoms with Gasteiger partial charge in [-0.05, 0) is 37.3 Å². The van der Waals surface area contributed by atoms with Crippen LogP contribution in [-0.4, -0.2) is 14.8 Å². The normalized spacial score (nSPS) is 12.3. The molecule has 20 heavy (non-hydrogen) atoms. The largest absolute Gasteiger partial charge is 0.467 e. The zero-order valence-electron chi connectivity index (χ0n) is 10.8. The van der Waals surface area contributed by atoms with Crippen LogP contribution in [0.4, 0.5) is 10.1 Å². The molecule has 0 saturated carbocycles. The SMILES string of the molecule is CC(Nc1ccc(-n2cncn2)c(F)c1)c1ccco1. The highest BCUT2D eigenvalue weighted by Gasteiger charge is 2.10. The van der Waals surface area contributed by atoms with Gasteiger partial charge in [0.25, 0.3) is 0 Å². The molecule has 1 unspecified atom stereocenters. The highest BCUT2D eigenvalue weighted by Crippen LogP contribution is 2.22. The minimum atomic E-state index is -0.368. The second-order valence-electron chi connectivity index (χ2n) is 4.39. The first-order valence-electron chi connectivity index (χ1n) is 6.18. The summed E-state index contributed by atoms with van der Waals surface area (Å²) >= 11 is 0. The van der Waals surface area contributed by atoms with E-state index in [-0.39, 0.29) is 11.9 Å². The highest BCUT2D eigenvalue weighted by molar-refractivity contribution is 5.50. The fourth-order valence-electron chi connectivity index (χ4n) is 1.97. The quantitative estimate of drug-likeness (QED) is 0.792. The minimum absolute atomic E-state index is 0.0402.